The van der Waals surface area contributed by atoms with E-state index >= 15 is 0 Å². The summed E-state index contributed by atoms with van der Waals surface area (Å²) < 4.78 is 0. The molecule has 0 bridgehead atoms. The number of rotatable bonds is 3. The van der Waals surface area contributed by atoms with Crippen molar-refractivity contribution >= 4 is 11.6 Å². The Labute approximate surface area is 96.2 Å². The van der Waals surface area contributed by atoms with Gasteiger partial charge in [0.05, 0.1) is 5.56 Å². The van der Waals surface area contributed by atoms with Crippen LogP contribution in [0.15, 0.2) is 18.2 Å². The largest absolute Gasteiger partial charge is 0.387 e. The van der Waals surface area contributed by atoms with E-state index in [1.807, 2.05) is 32.2 Å². The molecule has 0 radical (unpaired) electrons. The summed E-state index contributed by atoms with van der Waals surface area (Å²) in [5, 5.41) is 6.11. The number of carbonyl (C=O) groups excluding carboxylic acids is 1. The quantitative estimate of drug-likeness (QED) is 0.817. The normalized spacial score (nSPS) is 15.4. The average molecular weight is 218 g/mol. The van der Waals surface area contributed by atoms with Gasteiger partial charge < -0.3 is 10.6 Å². The number of amides is 1. The number of hydrogen-bond acceptors (Lipinski definition) is 2. The molecular formula is C13H18N2O. The third-order valence-corrected chi connectivity index (χ3v) is 3.13. The van der Waals surface area contributed by atoms with E-state index in [0.717, 1.165) is 29.7 Å². The standard InChI is InChI=1S/C13H18N2O/c1-9-6-7-11(12(8-9)14-2)13(16)15-10-4-3-5-10/h6-8,10,14H,3-5H2,1-2H3,(H,15,16). The van der Waals surface area contributed by atoms with Crippen LogP contribution in [-0.4, -0.2) is 19.0 Å². The molecular weight excluding hydrogens is 200 g/mol. The number of hydrogen-bond donors (Lipinski definition) is 2. The molecule has 1 aliphatic rings. The molecule has 1 aromatic carbocycles. The van der Waals surface area contributed by atoms with Crippen LogP contribution in [0.4, 0.5) is 5.69 Å². The number of nitrogens with one attached hydrogen (secondary N) is 2. The maximum Gasteiger partial charge on any atom is 0.253 e. The molecule has 0 spiro atoms. The molecule has 86 valence electrons. The predicted molar refractivity (Wildman–Crippen MR) is 65.8 cm³/mol. The molecule has 0 aliphatic heterocycles. The lowest BCUT2D eigenvalue weighted by Crippen LogP contribution is -2.39. The highest BCUT2D eigenvalue weighted by Gasteiger charge is 2.21. The van der Waals surface area contributed by atoms with Crippen LogP contribution in [0.2, 0.25) is 0 Å². The Morgan fingerprint density at radius 3 is 2.69 bits per heavy atom. The first-order valence-corrected chi connectivity index (χ1v) is 5.80. The van der Waals surface area contributed by atoms with Gasteiger partial charge in [-0.05, 0) is 43.9 Å². The van der Waals surface area contributed by atoms with E-state index in [1.54, 1.807) is 0 Å². The fourth-order valence-corrected chi connectivity index (χ4v) is 1.88. The minimum absolute atomic E-state index is 0.0362. The maximum absolute atomic E-state index is 12.0. The number of benzene rings is 1. The third-order valence-electron chi connectivity index (χ3n) is 3.13. The van der Waals surface area contributed by atoms with Gasteiger partial charge in [0.25, 0.3) is 5.91 Å². The number of aryl methyl sites for hydroxylation is 1. The van der Waals surface area contributed by atoms with Gasteiger partial charge in [0.15, 0.2) is 0 Å². The van der Waals surface area contributed by atoms with Crippen LogP contribution in [-0.2, 0) is 0 Å². The Balaban J connectivity index is 2.14. The SMILES string of the molecule is CNc1cc(C)ccc1C(=O)NC1CCC1. The van der Waals surface area contributed by atoms with Crippen molar-refractivity contribution in [2.24, 2.45) is 0 Å². The van der Waals surface area contributed by atoms with Crippen molar-refractivity contribution in [1.29, 1.82) is 0 Å². The summed E-state index contributed by atoms with van der Waals surface area (Å²) in [6.45, 7) is 2.02. The molecule has 3 nitrogen and oxygen atoms in total. The molecule has 1 saturated carbocycles. The van der Waals surface area contributed by atoms with Crippen molar-refractivity contribution in [3.8, 4) is 0 Å². The zero-order valence-electron chi connectivity index (χ0n) is 9.84. The van der Waals surface area contributed by atoms with Gasteiger partial charge in [-0.2, -0.15) is 0 Å². The van der Waals surface area contributed by atoms with Crippen molar-refractivity contribution in [2.45, 2.75) is 32.2 Å². The van der Waals surface area contributed by atoms with Crippen LogP contribution >= 0.6 is 0 Å². The number of carbonyl (C=O) groups is 1. The van der Waals surface area contributed by atoms with Crippen LogP contribution in [0.25, 0.3) is 0 Å². The molecule has 0 atom stereocenters. The van der Waals surface area contributed by atoms with Crippen molar-refractivity contribution in [1.82, 2.24) is 5.32 Å². The second kappa shape index (κ2) is 4.56. The van der Waals surface area contributed by atoms with Crippen LogP contribution < -0.4 is 10.6 Å². The van der Waals surface area contributed by atoms with Crippen molar-refractivity contribution < 1.29 is 4.79 Å². The van der Waals surface area contributed by atoms with E-state index in [9.17, 15) is 4.79 Å². The summed E-state index contributed by atoms with van der Waals surface area (Å²) in [6.07, 6.45) is 3.47. The van der Waals surface area contributed by atoms with Crippen LogP contribution in [0.3, 0.4) is 0 Å². The third kappa shape index (κ3) is 2.18. The lowest BCUT2D eigenvalue weighted by molar-refractivity contribution is 0.0918. The highest BCUT2D eigenvalue weighted by Crippen LogP contribution is 2.21. The fourth-order valence-electron chi connectivity index (χ4n) is 1.88. The molecule has 0 saturated heterocycles. The van der Waals surface area contributed by atoms with Crippen LogP contribution in [0.1, 0.15) is 35.2 Å². The molecule has 2 N–H and O–H groups in total. The summed E-state index contributed by atoms with van der Waals surface area (Å²) in [6, 6.07) is 6.24. The van der Waals surface area contributed by atoms with Gasteiger partial charge in [0, 0.05) is 18.8 Å². The van der Waals surface area contributed by atoms with Crippen molar-refractivity contribution in [2.75, 3.05) is 12.4 Å². The Hall–Kier alpha value is -1.51. The van der Waals surface area contributed by atoms with Gasteiger partial charge in [-0.3, -0.25) is 4.79 Å². The number of anilines is 1. The molecule has 0 aromatic heterocycles. The zero-order chi connectivity index (χ0) is 11.5. The van der Waals surface area contributed by atoms with Gasteiger partial charge in [-0.1, -0.05) is 6.07 Å². The zero-order valence-corrected chi connectivity index (χ0v) is 9.84. The molecule has 0 unspecified atom stereocenters. The van der Waals surface area contributed by atoms with Gasteiger partial charge in [0.2, 0.25) is 0 Å². The summed E-state index contributed by atoms with van der Waals surface area (Å²) in [5.74, 6) is 0.0362. The first kappa shape index (κ1) is 11.0. The molecule has 1 aromatic rings. The smallest absolute Gasteiger partial charge is 0.253 e. The second-order valence-electron chi connectivity index (χ2n) is 4.40. The minimum Gasteiger partial charge on any atom is -0.387 e. The van der Waals surface area contributed by atoms with Gasteiger partial charge in [-0.25, -0.2) is 0 Å². The van der Waals surface area contributed by atoms with Crippen LogP contribution in [0.5, 0.6) is 0 Å². The van der Waals surface area contributed by atoms with E-state index in [-0.39, 0.29) is 5.91 Å². The van der Waals surface area contributed by atoms with E-state index in [0.29, 0.717) is 6.04 Å². The highest BCUT2D eigenvalue weighted by atomic mass is 16.1. The first-order chi connectivity index (χ1) is 7.70. The Morgan fingerprint density at radius 1 is 1.38 bits per heavy atom. The van der Waals surface area contributed by atoms with Gasteiger partial charge in [-0.15, -0.1) is 0 Å². The van der Waals surface area contributed by atoms with Gasteiger partial charge >= 0.3 is 0 Å². The Bertz CT molecular complexity index is 397. The predicted octanol–water partition coefficient (Wildman–Crippen LogP) is 2.32. The highest BCUT2D eigenvalue weighted by molar-refractivity contribution is 5.99. The van der Waals surface area contributed by atoms with Crippen LogP contribution in [0, 0.1) is 6.92 Å². The minimum atomic E-state index is 0.0362. The lowest BCUT2D eigenvalue weighted by Gasteiger charge is -2.26. The summed E-state index contributed by atoms with van der Waals surface area (Å²) in [5.41, 5.74) is 2.79. The fraction of sp³-hybridized carbons (Fsp3) is 0.462. The van der Waals surface area contributed by atoms with Crippen molar-refractivity contribution in [3.63, 3.8) is 0 Å². The summed E-state index contributed by atoms with van der Waals surface area (Å²) >= 11 is 0. The molecule has 2 rings (SSSR count). The maximum atomic E-state index is 12.0. The first-order valence-electron chi connectivity index (χ1n) is 5.80. The second-order valence-corrected chi connectivity index (χ2v) is 4.40. The summed E-state index contributed by atoms with van der Waals surface area (Å²) in [4.78, 5) is 12.0. The molecule has 16 heavy (non-hydrogen) atoms. The molecule has 3 heteroatoms. The lowest BCUT2D eigenvalue weighted by atomic mass is 9.93. The van der Waals surface area contributed by atoms with E-state index in [1.165, 1.54) is 6.42 Å². The van der Waals surface area contributed by atoms with Gasteiger partial charge in [0.1, 0.15) is 0 Å². The molecule has 1 fully saturated rings. The van der Waals surface area contributed by atoms with E-state index < -0.39 is 0 Å². The molecule has 1 amide bonds. The van der Waals surface area contributed by atoms with E-state index in [4.69, 9.17) is 0 Å². The Kier molecular flexibility index (Phi) is 3.13. The van der Waals surface area contributed by atoms with Crippen molar-refractivity contribution in [3.05, 3.63) is 29.3 Å². The topological polar surface area (TPSA) is 41.1 Å². The molecule has 1 aliphatic carbocycles. The summed E-state index contributed by atoms with van der Waals surface area (Å²) in [7, 11) is 1.84. The molecule has 0 heterocycles. The average Bonchev–Trinajstić information content (AvgIpc) is 2.23. The monoisotopic (exact) mass is 218 g/mol. The Morgan fingerprint density at radius 2 is 2.12 bits per heavy atom. The van der Waals surface area contributed by atoms with E-state index in [2.05, 4.69) is 10.6 Å².